The smallest absolute Gasteiger partial charge is 0.308 e. The molecular formula is C32H23N3O4S2. The molecule has 41 heavy (non-hydrogen) atoms. The van der Waals surface area contributed by atoms with Gasteiger partial charge in [-0.25, -0.2) is 4.90 Å². The van der Waals surface area contributed by atoms with Gasteiger partial charge in [0.15, 0.2) is 0 Å². The van der Waals surface area contributed by atoms with Crippen molar-refractivity contribution in [3.05, 3.63) is 123 Å². The number of carbonyl (C=O) groups excluding carboxylic acids is 3. The number of nitrogens with one attached hydrogen (secondary N) is 1. The van der Waals surface area contributed by atoms with Crippen molar-refractivity contribution in [3.8, 4) is 0 Å². The summed E-state index contributed by atoms with van der Waals surface area (Å²) in [7, 11) is 0. The molecule has 7 rings (SSSR count). The normalized spacial score (nSPS) is 19.7. The van der Waals surface area contributed by atoms with Gasteiger partial charge in [-0.05, 0) is 40.6 Å². The van der Waals surface area contributed by atoms with E-state index in [1.807, 2.05) is 78.9 Å². The molecule has 2 aliphatic rings. The van der Waals surface area contributed by atoms with Gasteiger partial charge < -0.3 is 5.32 Å². The lowest BCUT2D eigenvalue weighted by Crippen LogP contribution is -2.33. The number of imide groups is 1. The summed E-state index contributed by atoms with van der Waals surface area (Å²) in [5, 5.41) is 4.82. The quantitative estimate of drug-likeness (QED) is 0.279. The van der Waals surface area contributed by atoms with Gasteiger partial charge in [-0.3, -0.25) is 23.7 Å². The second-order valence-corrected chi connectivity index (χ2v) is 12.2. The van der Waals surface area contributed by atoms with Crippen LogP contribution in [0.15, 0.2) is 113 Å². The Hall–Kier alpha value is -4.47. The van der Waals surface area contributed by atoms with Crippen molar-refractivity contribution < 1.29 is 14.4 Å². The zero-order chi connectivity index (χ0) is 28.1. The molecular weight excluding hydrogens is 555 g/mol. The zero-order valence-electron chi connectivity index (χ0n) is 21.6. The summed E-state index contributed by atoms with van der Waals surface area (Å²) in [5.41, 5.74) is 2.02. The van der Waals surface area contributed by atoms with E-state index in [0.717, 1.165) is 27.7 Å². The van der Waals surface area contributed by atoms with Crippen LogP contribution in [-0.2, 0) is 20.9 Å². The summed E-state index contributed by atoms with van der Waals surface area (Å²) in [6, 6.07) is 32.0. The molecule has 1 aromatic heterocycles. The number of para-hydroxylation sites is 1. The fourth-order valence-electron chi connectivity index (χ4n) is 5.72. The van der Waals surface area contributed by atoms with Crippen molar-refractivity contribution in [3.63, 3.8) is 0 Å². The minimum atomic E-state index is -0.718. The monoisotopic (exact) mass is 577 g/mol. The molecule has 3 heterocycles. The summed E-state index contributed by atoms with van der Waals surface area (Å²) in [6.45, 7) is -0.200. The highest BCUT2D eigenvalue weighted by Crippen LogP contribution is 2.53. The van der Waals surface area contributed by atoms with Crippen LogP contribution in [0.1, 0.15) is 16.4 Å². The molecule has 1 saturated heterocycles. The van der Waals surface area contributed by atoms with E-state index in [4.69, 9.17) is 0 Å². The van der Waals surface area contributed by atoms with Gasteiger partial charge in [-0.15, -0.1) is 0 Å². The number of thioether (sulfide) groups is 1. The Labute approximate surface area is 243 Å². The Bertz CT molecular complexity index is 1880. The average Bonchev–Trinajstić information content (AvgIpc) is 3.44. The van der Waals surface area contributed by atoms with Crippen LogP contribution < -0.4 is 15.1 Å². The second-order valence-electron chi connectivity index (χ2n) is 10.0. The number of benzene rings is 4. The van der Waals surface area contributed by atoms with Gasteiger partial charge in [0.2, 0.25) is 17.7 Å². The molecule has 3 amide bonds. The molecule has 0 bridgehead atoms. The molecule has 0 unspecified atom stereocenters. The highest BCUT2D eigenvalue weighted by Gasteiger charge is 2.56. The van der Waals surface area contributed by atoms with Crippen molar-refractivity contribution in [2.75, 3.05) is 10.2 Å². The summed E-state index contributed by atoms with van der Waals surface area (Å²) >= 11 is 2.26. The summed E-state index contributed by atoms with van der Waals surface area (Å²) in [6.07, 6.45) is 0. The van der Waals surface area contributed by atoms with E-state index in [1.165, 1.54) is 21.2 Å². The summed E-state index contributed by atoms with van der Waals surface area (Å²) in [4.78, 5) is 55.8. The van der Waals surface area contributed by atoms with Gasteiger partial charge in [0.25, 0.3) is 0 Å². The highest BCUT2D eigenvalue weighted by atomic mass is 32.2. The van der Waals surface area contributed by atoms with Crippen molar-refractivity contribution in [2.45, 2.75) is 22.7 Å². The maximum atomic E-state index is 13.9. The number of amides is 3. The first-order valence-corrected chi connectivity index (χ1v) is 14.9. The average molecular weight is 578 g/mol. The van der Waals surface area contributed by atoms with Gasteiger partial charge >= 0.3 is 4.87 Å². The van der Waals surface area contributed by atoms with Crippen LogP contribution in [0.3, 0.4) is 0 Å². The predicted molar refractivity (Wildman–Crippen MR) is 162 cm³/mol. The Morgan fingerprint density at radius 2 is 1.46 bits per heavy atom. The number of fused-ring (bicyclic) bond motifs is 3. The first-order chi connectivity index (χ1) is 20.0. The fourth-order valence-corrected chi connectivity index (χ4v) is 8.49. The zero-order valence-corrected chi connectivity index (χ0v) is 23.2. The summed E-state index contributed by atoms with van der Waals surface area (Å²) < 4.78 is 1.44. The van der Waals surface area contributed by atoms with Crippen LogP contribution in [-0.4, -0.2) is 27.5 Å². The third-order valence-corrected chi connectivity index (χ3v) is 10.2. The van der Waals surface area contributed by atoms with Crippen LogP contribution in [0, 0.1) is 5.92 Å². The van der Waals surface area contributed by atoms with Gasteiger partial charge in [0.05, 0.1) is 16.6 Å². The standard InChI is InChI=1S/C32H23N3O4S2/c36-24(33-22-16-15-19-9-7-8-12-21(19)17-22)18-34-31-28(41-32(34)39)25(20-10-3-1-4-11-20)26-27(40-31)30(38)35(29(26)37)23-13-5-2-6-14-23/h1-17,25-27H,18H2,(H,33,36)/t25-,26-,27+/m0/s1. The molecule has 1 fully saturated rings. The maximum Gasteiger partial charge on any atom is 0.308 e. The molecule has 202 valence electrons. The van der Waals surface area contributed by atoms with Crippen molar-refractivity contribution in [2.24, 2.45) is 5.92 Å². The minimum Gasteiger partial charge on any atom is -0.325 e. The van der Waals surface area contributed by atoms with Crippen LogP contribution in [0.25, 0.3) is 10.8 Å². The van der Waals surface area contributed by atoms with Crippen LogP contribution >= 0.6 is 23.1 Å². The van der Waals surface area contributed by atoms with Crippen molar-refractivity contribution in [1.82, 2.24) is 4.57 Å². The molecule has 2 aliphatic heterocycles. The van der Waals surface area contributed by atoms with Gasteiger partial charge in [0, 0.05) is 16.5 Å². The first-order valence-electron chi connectivity index (χ1n) is 13.2. The molecule has 1 N–H and O–H groups in total. The van der Waals surface area contributed by atoms with E-state index in [2.05, 4.69) is 5.32 Å². The molecule has 0 radical (unpaired) electrons. The third-order valence-electron chi connectivity index (χ3n) is 7.56. The Morgan fingerprint density at radius 3 is 2.22 bits per heavy atom. The lowest BCUT2D eigenvalue weighted by atomic mass is 9.83. The topological polar surface area (TPSA) is 88.5 Å². The number of hydrogen-bond acceptors (Lipinski definition) is 6. The third kappa shape index (κ3) is 4.38. The maximum absolute atomic E-state index is 13.9. The molecule has 4 aromatic carbocycles. The largest absolute Gasteiger partial charge is 0.325 e. The number of thiazole rings is 1. The SMILES string of the molecule is O=C(Cn1c2c(sc1=O)[C@@H](c1ccccc1)[C@@H]1C(=O)N(c3ccccc3)C(=O)[C@@H]1S2)Nc1ccc2ccccc2c1. The van der Waals surface area contributed by atoms with Crippen LogP contribution in [0.2, 0.25) is 0 Å². The number of aromatic nitrogens is 1. The van der Waals surface area contributed by atoms with E-state index < -0.39 is 17.1 Å². The van der Waals surface area contributed by atoms with Crippen molar-refractivity contribution in [1.29, 1.82) is 0 Å². The van der Waals surface area contributed by atoms with Gasteiger partial charge in [-0.1, -0.05) is 102 Å². The number of rotatable bonds is 5. The molecule has 0 saturated carbocycles. The number of nitrogens with zero attached hydrogens (tertiary/aromatic N) is 2. The highest BCUT2D eigenvalue weighted by molar-refractivity contribution is 8.00. The lowest BCUT2D eigenvalue weighted by molar-refractivity contribution is -0.122. The van der Waals surface area contributed by atoms with E-state index >= 15 is 0 Å². The van der Waals surface area contributed by atoms with Crippen LogP contribution in [0.5, 0.6) is 0 Å². The Kier molecular flexibility index (Phi) is 6.33. The fraction of sp³-hybridized carbons (Fsp3) is 0.125. The molecule has 0 aliphatic carbocycles. The van der Waals surface area contributed by atoms with Crippen LogP contribution in [0.4, 0.5) is 11.4 Å². The second kappa shape index (κ2) is 10.2. The number of anilines is 2. The Morgan fingerprint density at radius 1 is 0.780 bits per heavy atom. The van der Waals surface area contributed by atoms with E-state index in [1.54, 1.807) is 24.3 Å². The first kappa shape index (κ1) is 25.5. The molecule has 5 aromatic rings. The van der Waals surface area contributed by atoms with Crippen molar-refractivity contribution >= 4 is 63.0 Å². The summed E-state index contributed by atoms with van der Waals surface area (Å²) in [5.74, 6) is -2.08. The lowest BCUT2D eigenvalue weighted by Gasteiger charge is -2.30. The predicted octanol–water partition coefficient (Wildman–Crippen LogP) is 5.50. The number of carbonyl (C=O) groups is 3. The Balaban J connectivity index is 1.25. The molecule has 3 atom stereocenters. The van der Waals surface area contributed by atoms with E-state index in [9.17, 15) is 19.2 Å². The minimum absolute atomic E-state index is 0.200. The number of hydrogen-bond donors (Lipinski definition) is 1. The molecule has 0 spiro atoms. The van der Waals surface area contributed by atoms with E-state index in [-0.39, 0.29) is 29.1 Å². The van der Waals surface area contributed by atoms with Gasteiger partial charge in [-0.2, -0.15) is 0 Å². The molecule has 9 heteroatoms. The molecule has 7 nitrogen and oxygen atoms in total. The van der Waals surface area contributed by atoms with E-state index in [0.29, 0.717) is 21.3 Å². The van der Waals surface area contributed by atoms with Gasteiger partial charge in [0.1, 0.15) is 11.8 Å².